The van der Waals surface area contributed by atoms with Crippen LogP contribution in [0.2, 0.25) is 5.04 Å². The molecule has 3 unspecified atom stereocenters. The van der Waals surface area contributed by atoms with Gasteiger partial charge in [-0.3, -0.25) is 4.79 Å². The van der Waals surface area contributed by atoms with Crippen molar-refractivity contribution in [2.24, 2.45) is 0 Å². The van der Waals surface area contributed by atoms with Crippen LogP contribution in [0.15, 0.2) is 61.2 Å². The summed E-state index contributed by atoms with van der Waals surface area (Å²) in [5, 5.41) is 7.93. The highest BCUT2D eigenvalue weighted by atomic mass is 31.6. The first-order valence-electron chi connectivity index (χ1n) is 14.3. The largest absolute Gasteiger partial charge is 0.662 e. The third kappa shape index (κ3) is 7.84. The number of hydrogen-bond donors (Lipinski definition) is 1. The van der Waals surface area contributed by atoms with E-state index in [9.17, 15) is 4.79 Å². The minimum Gasteiger partial charge on any atom is -0.461 e. The number of nitrogens with zero attached hydrogens (tertiary/aromatic N) is 5. The van der Waals surface area contributed by atoms with Crippen molar-refractivity contribution >= 4 is 57.2 Å². The lowest BCUT2D eigenvalue weighted by Gasteiger charge is -2.27. The first-order chi connectivity index (χ1) is 20.9. The fourth-order valence-corrected chi connectivity index (χ4v) is 25.0. The maximum absolute atomic E-state index is 13.5. The standard InChI is InChI=1S/C31H41N6O4P2Si/c1-23-14-15-27(32-18-23)36-29(38)26(21-39-16-17-40-44(42(5)6,43(7)8)31(2,3)4)41-30-25-19-35-37(28(25)33-22-34-30)20-24-12-10-9-11-13-24/h9-15,18-19,22,26H,5,7,16-17,20-21H2,1-4,6,8H3/q+1/p+1. The molecular weight excluding hydrogens is 610 g/mol. The highest BCUT2D eigenvalue weighted by Gasteiger charge is 2.70. The van der Waals surface area contributed by atoms with E-state index in [2.05, 4.69) is 72.1 Å². The van der Waals surface area contributed by atoms with Crippen molar-refractivity contribution < 1.29 is 18.7 Å². The van der Waals surface area contributed by atoms with E-state index in [-0.39, 0.29) is 17.5 Å². The zero-order valence-electron chi connectivity index (χ0n) is 26.4. The number of benzene rings is 1. The molecule has 0 aliphatic rings. The first-order valence-corrected chi connectivity index (χ1v) is 21.9. The summed E-state index contributed by atoms with van der Waals surface area (Å²) in [5.41, 5.74) is 2.67. The molecule has 4 rings (SSSR count). The summed E-state index contributed by atoms with van der Waals surface area (Å²) in [5.74, 6) is 0.252. The van der Waals surface area contributed by atoms with Gasteiger partial charge in [0.25, 0.3) is 5.91 Å². The topological polar surface area (TPSA) is 113 Å². The third-order valence-electron chi connectivity index (χ3n) is 7.09. The normalized spacial score (nSPS) is 14.5. The lowest BCUT2D eigenvalue weighted by Crippen LogP contribution is -2.42. The van der Waals surface area contributed by atoms with Gasteiger partial charge in [0.05, 0.1) is 63.5 Å². The Hall–Kier alpha value is -3.33. The number of nitrogens with one attached hydrogen (secondary N) is 1. The Labute approximate surface area is 262 Å². The van der Waals surface area contributed by atoms with Gasteiger partial charge in [-0.05, 0) is 24.1 Å². The fraction of sp³-hybridized carbons (Fsp3) is 0.387. The summed E-state index contributed by atoms with van der Waals surface area (Å²) < 4.78 is 20.7. The summed E-state index contributed by atoms with van der Waals surface area (Å²) in [6, 6.07) is 13.6. The average Bonchev–Trinajstić information content (AvgIpc) is 3.38. The fourth-order valence-electron chi connectivity index (χ4n) is 5.19. The second-order valence-electron chi connectivity index (χ2n) is 11.7. The van der Waals surface area contributed by atoms with Crippen molar-refractivity contribution in [3.05, 3.63) is 72.3 Å². The molecule has 0 saturated carbocycles. The number of amides is 1. The lowest BCUT2D eigenvalue weighted by atomic mass is 10.2. The molecule has 232 valence electrons. The van der Waals surface area contributed by atoms with E-state index < -0.39 is 33.8 Å². The van der Waals surface area contributed by atoms with E-state index in [1.165, 1.54) is 6.33 Å². The molecule has 0 radical (unpaired) electrons. The Morgan fingerprint density at radius 2 is 1.75 bits per heavy atom. The zero-order valence-corrected chi connectivity index (χ0v) is 29.1. The molecule has 0 saturated heterocycles. The Balaban J connectivity index is 1.50. The molecule has 0 fully saturated rings. The molecule has 0 spiro atoms. The van der Waals surface area contributed by atoms with E-state index in [4.69, 9.17) is 13.9 Å². The third-order valence-corrected chi connectivity index (χ3v) is 28.9. The van der Waals surface area contributed by atoms with Crippen LogP contribution in [0.4, 0.5) is 5.82 Å². The van der Waals surface area contributed by atoms with Crippen molar-refractivity contribution in [2.75, 3.05) is 38.5 Å². The number of aryl methyl sites for hydroxylation is 1. The van der Waals surface area contributed by atoms with Crippen molar-refractivity contribution in [1.29, 1.82) is 0 Å². The summed E-state index contributed by atoms with van der Waals surface area (Å²) in [4.78, 5) is 26.5. The maximum atomic E-state index is 13.5. The summed E-state index contributed by atoms with van der Waals surface area (Å²) in [6.07, 6.45) is 12.6. The van der Waals surface area contributed by atoms with E-state index >= 15 is 0 Å². The summed E-state index contributed by atoms with van der Waals surface area (Å²) >= 11 is 0. The van der Waals surface area contributed by atoms with Gasteiger partial charge in [0.15, 0.2) is 5.65 Å². The van der Waals surface area contributed by atoms with Gasteiger partial charge in [0.1, 0.15) is 31.7 Å². The number of fused-ring (bicyclic) bond motifs is 1. The minimum absolute atomic E-state index is 0.00663. The molecule has 1 N–H and O–H groups in total. The number of anilines is 1. The molecule has 3 heterocycles. The zero-order chi connectivity index (χ0) is 31.9. The van der Waals surface area contributed by atoms with Crippen LogP contribution in [0.25, 0.3) is 11.0 Å². The smallest absolute Gasteiger partial charge is 0.461 e. The molecule has 1 aromatic carbocycles. The van der Waals surface area contributed by atoms with Crippen molar-refractivity contribution in [3.63, 3.8) is 0 Å². The monoisotopic (exact) mass is 652 g/mol. The molecule has 1 amide bonds. The van der Waals surface area contributed by atoms with Gasteiger partial charge in [-0.25, -0.2) is 19.6 Å². The highest BCUT2D eigenvalue weighted by Crippen LogP contribution is 2.60. The van der Waals surface area contributed by atoms with Crippen LogP contribution in [0.1, 0.15) is 31.9 Å². The predicted octanol–water partition coefficient (Wildman–Crippen LogP) is 5.82. The van der Waals surface area contributed by atoms with Crippen LogP contribution in [-0.4, -0.2) is 90.1 Å². The summed E-state index contributed by atoms with van der Waals surface area (Å²) in [7, 11) is -3.35. The van der Waals surface area contributed by atoms with E-state index in [1.54, 1.807) is 23.1 Å². The number of pyridine rings is 1. The number of carbonyl (C=O) groups excluding carboxylic acids is 1. The van der Waals surface area contributed by atoms with Gasteiger partial charge >= 0.3 is 7.65 Å². The molecule has 4 aromatic rings. The van der Waals surface area contributed by atoms with E-state index in [1.807, 2.05) is 43.3 Å². The van der Waals surface area contributed by atoms with Crippen LogP contribution in [0, 0.1) is 6.92 Å². The quantitative estimate of drug-likeness (QED) is 0.103. The molecule has 0 bridgehead atoms. The molecule has 0 aliphatic carbocycles. The lowest BCUT2D eigenvalue weighted by molar-refractivity contribution is -0.125. The van der Waals surface area contributed by atoms with Gasteiger partial charge < -0.3 is 19.2 Å². The Morgan fingerprint density at radius 1 is 1.02 bits per heavy atom. The molecular formula is C31H42N6O4P2Si+2. The predicted molar refractivity (Wildman–Crippen MR) is 185 cm³/mol. The Kier molecular flexibility index (Phi) is 11.2. The van der Waals surface area contributed by atoms with Gasteiger partial charge in [0.2, 0.25) is 12.0 Å². The molecule has 10 nitrogen and oxygen atoms in total. The SMILES string of the molecule is C=[P+](C)[Si](OCCOCC(Oc1ncnc2c1cnn2Cc1ccccc1)C(=O)Nc1ccc(C)cn1)([P+](=C)C)C(C)(C)C. The van der Waals surface area contributed by atoms with Crippen molar-refractivity contribution in [1.82, 2.24) is 24.7 Å². The Bertz CT molecular complexity index is 1600. The van der Waals surface area contributed by atoms with Crippen LogP contribution in [0.3, 0.4) is 0 Å². The van der Waals surface area contributed by atoms with Crippen molar-refractivity contribution in [3.8, 4) is 5.88 Å². The Morgan fingerprint density at radius 3 is 2.39 bits per heavy atom. The second kappa shape index (κ2) is 14.6. The van der Waals surface area contributed by atoms with Gasteiger partial charge in [-0.1, -0.05) is 57.2 Å². The van der Waals surface area contributed by atoms with Gasteiger partial charge in [-0.2, -0.15) is 5.10 Å². The molecule has 3 aromatic heterocycles. The highest BCUT2D eigenvalue weighted by molar-refractivity contribution is 8.21. The molecule has 13 heteroatoms. The molecule has 44 heavy (non-hydrogen) atoms. The van der Waals surface area contributed by atoms with Crippen LogP contribution < -0.4 is 10.1 Å². The van der Waals surface area contributed by atoms with Gasteiger partial charge in [0, 0.05) is 6.20 Å². The number of carbonyl (C=O) groups is 1. The minimum atomic E-state index is -2.24. The van der Waals surface area contributed by atoms with E-state index in [0.717, 1.165) is 11.1 Å². The van der Waals surface area contributed by atoms with Gasteiger partial charge in [-0.15, -0.1) is 0 Å². The van der Waals surface area contributed by atoms with Crippen molar-refractivity contribution in [2.45, 2.75) is 45.4 Å². The molecule has 0 aliphatic heterocycles. The van der Waals surface area contributed by atoms with Crippen LogP contribution in [-0.2, 0) is 20.5 Å². The van der Waals surface area contributed by atoms with Crippen LogP contribution in [0.5, 0.6) is 5.88 Å². The van der Waals surface area contributed by atoms with Crippen LogP contribution >= 0.6 is 14.2 Å². The second-order valence-corrected chi connectivity index (χ2v) is 26.9. The average molecular weight is 653 g/mol. The number of ether oxygens (including phenoxy) is 2. The summed E-state index contributed by atoms with van der Waals surface area (Å²) in [6.45, 7) is 14.2. The first kappa shape index (κ1) is 33.6. The number of aromatic nitrogens is 5. The number of hydrogen-bond acceptors (Lipinski definition) is 8. The number of rotatable bonds is 14. The van der Waals surface area contributed by atoms with E-state index in [0.29, 0.717) is 36.6 Å². The molecule has 3 atom stereocenters. The maximum Gasteiger partial charge on any atom is 0.662 e.